The summed E-state index contributed by atoms with van der Waals surface area (Å²) in [6, 6.07) is 9.10. The maximum Gasteiger partial charge on any atom is 0.311 e. The predicted molar refractivity (Wildman–Crippen MR) is 122 cm³/mol. The van der Waals surface area contributed by atoms with Gasteiger partial charge in [0.1, 0.15) is 0 Å². The Labute approximate surface area is 191 Å². The largest absolute Gasteiger partial charge is 0.481 e. The van der Waals surface area contributed by atoms with Crippen LogP contribution < -0.4 is 0 Å². The Hall–Kier alpha value is -2.37. The summed E-state index contributed by atoms with van der Waals surface area (Å²) >= 11 is 0. The third-order valence-corrected chi connectivity index (χ3v) is 7.65. The van der Waals surface area contributed by atoms with Crippen molar-refractivity contribution in [3.63, 3.8) is 0 Å². The van der Waals surface area contributed by atoms with E-state index in [9.17, 15) is 29.7 Å². The van der Waals surface area contributed by atoms with Gasteiger partial charge in [0, 0.05) is 0 Å². The average Bonchev–Trinajstić information content (AvgIpc) is 2.77. The molecule has 0 aliphatic heterocycles. The van der Waals surface area contributed by atoms with Gasteiger partial charge in [-0.1, -0.05) is 82.7 Å². The van der Waals surface area contributed by atoms with E-state index in [1.54, 1.807) is 0 Å². The number of aliphatic carboxylic acids is 3. The van der Waals surface area contributed by atoms with E-state index in [0.717, 1.165) is 31.2 Å². The number of carboxylic acids is 3. The van der Waals surface area contributed by atoms with Crippen LogP contribution in [0, 0.1) is 22.7 Å². The SMILES string of the molecule is CCCCC(CC)CC(CC1(C(=O)O)CCCCC1(Cc1ccccc1)C(=O)O)C(=O)O. The minimum Gasteiger partial charge on any atom is -0.481 e. The zero-order valence-electron chi connectivity index (χ0n) is 19.4. The topological polar surface area (TPSA) is 112 Å². The van der Waals surface area contributed by atoms with Crippen LogP contribution >= 0.6 is 0 Å². The van der Waals surface area contributed by atoms with Crippen LogP contribution in [0.2, 0.25) is 0 Å². The summed E-state index contributed by atoms with van der Waals surface area (Å²) in [6.45, 7) is 4.12. The first kappa shape index (κ1) is 25.9. The fourth-order valence-electron chi connectivity index (χ4n) is 5.69. The molecule has 178 valence electrons. The summed E-state index contributed by atoms with van der Waals surface area (Å²) in [5.41, 5.74) is -2.38. The maximum absolute atomic E-state index is 12.8. The lowest BCUT2D eigenvalue weighted by molar-refractivity contribution is -0.184. The van der Waals surface area contributed by atoms with E-state index in [1.165, 1.54) is 0 Å². The lowest BCUT2D eigenvalue weighted by Gasteiger charge is -2.49. The van der Waals surface area contributed by atoms with Gasteiger partial charge in [-0.15, -0.1) is 0 Å². The molecule has 0 bridgehead atoms. The van der Waals surface area contributed by atoms with Crippen molar-refractivity contribution in [2.24, 2.45) is 22.7 Å². The van der Waals surface area contributed by atoms with E-state index in [4.69, 9.17) is 0 Å². The van der Waals surface area contributed by atoms with Crippen molar-refractivity contribution in [2.75, 3.05) is 0 Å². The zero-order valence-corrected chi connectivity index (χ0v) is 19.4. The number of carbonyl (C=O) groups is 3. The van der Waals surface area contributed by atoms with Gasteiger partial charge in [-0.3, -0.25) is 14.4 Å². The van der Waals surface area contributed by atoms with E-state index in [0.29, 0.717) is 19.3 Å². The Morgan fingerprint density at radius 2 is 1.53 bits per heavy atom. The molecule has 6 heteroatoms. The highest BCUT2D eigenvalue weighted by Crippen LogP contribution is 2.57. The highest BCUT2D eigenvalue weighted by molar-refractivity contribution is 5.88. The minimum atomic E-state index is -1.61. The van der Waals surface area contributed by atoms with Crippen LogP contribution in [0.1, 0.15) is 83.6 Å². The normalized spacial score (nSPS) is 25.1. The molecular formula is C26H38O6. The van der Waals surface area contributed by atoms with Crippen molar-refractivity contribution >= 4 is 17.9 Å². The van der Waals surface area contributed by atoms with E-state index < -0.39 is 34.7 Å². The van der Waals surface area contributed by atoms with Crippen LogP contribution in [-0.2, 0) is 20.8 Å². The van der Waals surface area contributed by atoms with Gasteiger partial charge in [0.2, 0.25) is 0 Å². The minimum absolute atomic E-state index is 0.0921. The summed E-state index contributed by atoms with van der Waals surface area (Å²) in [5, 5.41) is 30.9. The number of rotatable bonds is 13. The highest BCUT2D eigenvalue weighted by atomic mass is 16.4. The van der Waals surface area contributed by atoms with Crippen molar-refractivity contribution in [3.8, 4) is 0 Å². The van der Waals surface area contributed by atoms with Crippen molar-refractivity contribution in [1.82, 2.24) is 0 Å². The van der Waals surface area contributed by atoms with Gasteiger partial charge in [-0.25, -0.2) is 0 Å². The second kappa shape index (κ2) is 11.5. The standard InChI is InChI=1S/C26H38O6/c1-3-5-11-19(4-2)16-21(22(27)28)18-26(24(31)32)15-10-9-14-25(26,23(29)30)17-20-12-7-6-8-13-20/h6-8,12-13,19,21H,3-5,9-11,14-18H2,1-2H3,(H,27,28)(H,29,30)(H,31,32). The Bertz CT molecular complexity index is 776. The number of hydrogen-bond donors (Lipinski definition) is 3. The van der Waals surface area contributed by atoms with Crippen molar-refractivity contribution in [3.05, 3.63) is 35.9 Å². The second-order valence-electron chi connectivity index (χ2n) is 9.54. The summed E-state index contributed by atoms with van der Waals surface area (Å²) in [4.78, 5) is 37.8. The molecule has 1 aliphatic rings. The van der Waals surface area contributed by atoms with Crippen molar-refractivity contribution in [2.45, 2.75) is 84.5 Å². The molecule has 0 amide bonds. The second-order valence-corrected chi connectivity index (χ2v) is 9.54. The first-order valence-electron chi connectivity index (χ1n) is 12.0. The Morgan fingerprint density at radius 1 is 0.938 bits per heavy atom. The fourth-order valence-corrected chi connectivity index (χ4v) is 5.69. The van der Waals surface area contributed by atoms with Crippen LogP contribution in [-0.4, -0.2) is 33.2 Å². The monoisotopic (exact) mass is 446 g/mol. The van der Waals surface area contributed by atoms with Gasteiger partial charge < -0.3 is 15.3 Å². The number of benzene rings is 1. The summed E-state index contributed by atoms with van der Waals surface area (Å²) in [5.74, 6) is -4.02. The van der Waals surface area contributed by atoms with Gasteiger partial charge >= 0.3 is 17.9 Å². The molecule has 4 atom stereocenters. The van der Waals surface area contributed by atoms with E-state index in [-0.39, 0.29) is 31.6 Å². The molecule has 32 heavy (non-hydrogen) atoms. The molecule has 0 radical (unpaired) electrons. The Balaban J connectivity index is 2.48. The van der Waals surface area contributed by atoms with Crippen LogP contribution in [0.3, 0.4) is 0 Å². The number of carboxylic acid groups (broad SMARTS) is 3. The molecule has 2 rings (SSSR count). The molecule has 1 fully saturated rings. The highest BCUT2D eigenvalue weighted by Gasteiger charge is 2.63. The van der Waals surface area contributed by atoms with Gasteiger partial charge in [-0.05, 0) is 43.6 Å². The van der Waals surface area contributed by atoms with Crippen LogP contribution in [0.15, 0.2) is 30.3 Å². The third-order valence-electron chi connectivity index (χ3n) is 7.65. The molecule has 4 unspecified atom stereocenters. The lowest BCUT2D eigenvalue weighted by Crippen LogP contribution is -2.57. The quantitative estimate of drug-likeness (QED) is 0.361. The molecule has 1 saturated carbocycles. The van der Waals surface area contributed by atoms with Gasteiger partial charge in [0.05, 0.1) is 16.7 Å². The van der Waals surface area contributed by atoms with Gasteiger partial charge in [0.25, 0.3) is 0 Å². The van der Waals surface area contributed by atoms with Crippen LogP contribution in [0.4, 0.5) is 0 Å². The zero-order chi connectivity index (χ0) is 23.8. The molecule has 6 nitrogen and oxygen atoms in total. The van der Waals surface area contributed by atoms with Crippen LogP contribution in [0.5, 0.6) is 0 Å². The van der Waals surface area contributed by atoms with E-state index in [2.05, 4.69) is 6.92 Å². The van der Waals surface area contributed by atoms with Gasteiger partial charge in [0.15, 0.2) is 0 Å². The predicted octanol–water partition coefficient (Wildman–Crippen LogP) is 5.64. The molecule has 0 aromatic heterocycles. The summed E-state index contributed by atoms with van der Waals surface area (Å²) in [6.07, 6.45) is 5.75. The first-order valence-corrected chi connectivity index (χ1v) is 12.0. The molecule has 1 aliphatic carbocycles. The molecule has 1 aromatic carbocycles. The molecular weight excluding hydrogens is 408 g/mol. The molecule has 0 saturated heterocycles. The van der Waals surface area contributed by atoms with E-state index >= 15 is 0 Å². The third kappa shape index (κ3) is 5.51. The number of hydrogen-bond acceptors (Lipinski definition) is 3. The summed E-state index contributed by atoms with van der Waals surface area (Å²) < 4.78 is 0. The van der Waals surface area contributed by atoms with E-state index in [1.807, 2.05) is 37.3 Å². The average molecular weight is 447 g/mol. The maximum atomic E-state index is 12.8. The molecule has 1 aromatic rings. The Morgan fingerprint density at radius 3 is 2.03 bits per heavy atom. The van der Waals surface area contributed by atoms with Gasteiger partial charge in [-0.2, -0.15) is 0 Å². The summed E-state index contributed by atoms with van der Waals surface area (Å²) in [7, 11) is 0. The first-order chi connectivity index (χ1) is 15.2. The smallest absolute Gasteiger partial charge is 0.311 e. The lowest BCUT2D eigenvalue weighted by atomic mass is 9.51. The van der Waals surface area contributed by atoms with Crippen molar-refractivity contribution in [1.29, 1.82) is 0 Å². The molecule has 3 N–H and O–H groups in total. The Kier molecular flexibility index (Phi) is 9.29. The van der Waals surface area contributed by atoms with Crippen molar-refractivity contribution < 1.29 is 29.7 Å². The van der Waals surface area contributed by atoms with Crippen LogP contribution in [0.25, 0.3) is 0 Å². The molecule has 0 heterocycles. The molecule has 0 spiro atoms. The number of unbranched alkanes of at least 4 members (excludes halogenated alkanes) is 1. The fraction of sp³-hybridized carbons (Fsp3) is 0.654.